The molecule has 18 nitrogen and oxygen atoms in total. The number of hydrogen-bond acceptors (Lipinski definition) is 14. The van der Waals surface area contributed by atoms with Crippen LogP contribution in [0.2, 0.25) is 0 Å². The van der Waals surface area contributed by atoms with E-state index in [0.717, 1.165) is 6.07 Å². The van der Waals surface area contributed by atoms with Gasteiger partial charge in [0.2, 0.25) is 0 Å². The second-order valence-corrected chi connectivity index (χ2v) is 16.3. The summed E-state index contributed by atoms with van der Waals surface area (Å²) in [5, 5.41) is 29.6. The fourth-order valence-electron chi connectivity index (χ4n) is 4.59. The van der Waals surface area contributed by atoms with Crippen LogP contribution in [0.15, 0.2) is 77.6 Å². The van der Waals surface area contributed by atoms with Gasteiger partial charge in [-0.1, -0.05) is 0 Å². The van der Waals surface area contributed by atoms with Crippen molar-refractivity contribution in [1.29, 1.82) is 0 Å². The minimum Gasteiger partial charge on any atom is -0.505 e. The van der Waals surface area contributed by atoms with Crippen LogP contribution in [0.25, 0.3) is 10.8 Å². The molecule has 0 atom stereocenters. The number of azo groups is 2. The lowest BCUT2D eigenvalue weighted by atomic mass is 10.0. The molecule has 0 aromatic heterocycles. The molecule has 22 heteroatoms. The molecule has 0 aliphatic carbocycles. The van der Waals surface area contributed by atoms with Crippen LogP contribution in [0.5, 0.6) is 5.75 Å². The summed E-state index contributed by atoms with van der Waals surface area (Å²) in [6.45, 7) is 5.91. The zero-order chi connectivity index (χ0) is 36.9. The van der Waals surface area contributed by atoms with Crippen LogP contribution in [-0.2, 0) is 40.5 Å². The summed E-state index contributed by atoms with van der Waals surface area (Å²) in [5.41, 5.74) is -0.164. The number of hydrogen-bond donors (Lipinski definition) is 6. The molecule has 0 unspecified atom stereocenters. The van der Waals surface area contributed by atoms with Crippen LogP contribution < -0.4 is 5.32 Å². The first-order chi connectivity index (χ1) is 22.4. The first-order valence-electron chi connectivity index (χ1n) is 13.4. The topological polar surface area (TPSA) is 299 Å². The number of phenolic OH excluding ortho intramolecular Hbond substituents is 1. The van der Waals surface area contributed by atoms with E-state index in [1.807, 2.05) is 0 Å². The lowest BCUT2D eigenvalue weighted by Gasteiger charge is -2.14. The normalized spacial score (nSPS) is 13.1. The molecule has 4 aromatic rings. The fraction of sp³-hybridized carbons (Fsp3) is 0.185. The summed E-state index contributed by atoms with van der Waals surface area (Å²) in [5.74, 6) is -1.55. The zero-order valence-corrected chi connectivity index (χ0v) is 28.9. The molecule has 0 amide bonds. The van der Waals surface area contributed by atoms with Crippen LogP contribution in [0.3, 0.4) is 0 Å². The molecule has 4 aromatic carbocycles. The Balaban J connectivity index is 1.95. The molecule has 262 valence electrons. The highest BCUT2D eigenvalue weighted by Crippen LogP contribution is 2.45. The highest BCUT2D eigenvalue weighted by atomic mass is 32.2. The molecule has 49 heavy (non-hydrogen) atoms. The number of aryl methyl sites for hydroxylation is 4. The molecule has 0 aliphatic rings. The van der Waals surface area contributed by atoms with E-state index < -0.39 is 72.5 Å². The lowest BCUT2D eigenvalue weighted by Crippen LogP contribution is -2.13. The highest BCUT2D eigenvalue weighted by Gasteiger charge is 2.24. The molecule has 0 spiro atoms. The maximum absolute atomic E-state index is 12.1. The molecule has 6 N–H and O–H groups in total. The van der Waals surface area contributed by atoms with Gasteiger partial charge in [-0.25, -0.2) is 0 Å². The van der Waals surface area contributed by atoms with Gasteiger partial charge in [-0.15, -0.1) is 20.5 Å². The molecular weight excluding hydrogens is 731 g/mol. The Kier molecular flexibility index (Phi) is 10.0. The summed E-state index contributed by atoms with van der Waals surface area (Å²) in [4.78, 5) is -2.40. The predicted octanol–water partition coefficient (Wildman–Crippen LogP) is 5.61. The van der Waals surface area contributed by atoms with E-state index in [1.54, 1.807) is 13.8 Å². The Morgan fingerprint density at radius 3 is 1.57 bits per heavy atom. The second-order valence-electron chi connectivity index (χ2n) is 10.7. The van der Waals surface area contributed by atoms with E-state index in [1.165, 1.54) is 44.2 Å². The van der Waals surface area contributed by atoms with Gasteiger partial charge in [0, 0.05) is 10.8 Å². The van der Waals surface area contributed by atoms with E-state index >= 15 is 0 Å². The minimum atomic E-state index is -5.10. The monoisotopic (exact) mass is 757 g/mol. The van der Waals surface area contributed by atoms with E-state index in [-0.39, 0.29) is 44.6 Å². The predicted molar refractivity (Wildman–Crippen MR) is 175 cm³/mol. The number of phenols is 1. The smallest absolute Gasteiger partial charge is 0.296 e. The van der Waals surface area contributed by atoms with Gasteiger partial charge in [-0.2, -0.15) is 33.7 Å². The summed E-state index contributed by atoms with van der Waals surface area (Å²) in [6, 6.07) is 7.85. The van der Waals surface area contributed by atoms with Gasteiger partial charge in [0.15, 0.2) is 5.75 Å². The number of nitrogens with one attached hydrogen (secondary N) is 1. The largest absolute Gasteiger partial charge is 0.505 e. The zero-order valence-electron chi connectivity index (χ0n) is 25.7. The maximum atomic E-state index is 12.1. The average Bonchev–Trinajstić information content (AvgIpc) is 2.94. The van der Waals surface area contributed by atoms with Crippen molar-refractivity contribution < 1.29 is 57.0 Å². The van der Waals surface area contributed by atoms with Crippen LogP contribution in [0.1, 0.15) is 22.3 Å². The first-order valence-corrected chi connectivity index (χ1v) is 19.3. The van der Waals surface area contributed by atoms with Crippen molar-refractivity contribution in [1.82, 2.24) is 0 Å². The van der Waals surface area contributed by atoms with Crippen LogP contribution >= 0.6 is 0 Å². The van der Waals surface area contributed by atoms with Crippen molar-refractivity contribution in [3.63, 3.8) is 0 Å². The van der Waals surface area contributed by atoms with Gasteiger partial charge in [0.1, 0.15) is 38.4 Å². The number of anilines is 1. The summed E-state index contributed by atoms with van der Waals surface area (Å²) in [7, 11) is -19.3. The quantitative estimate of drug-likeness (QED) is 0.0847. The summed E-state index contributed by atoms with van der Waals surface area (Å²) < 4.78 is 133. The average molecular weight is 758 g/mol. The molecule has 4 rings (SSSR count). The fourth-order valence-corrected chi connectivity index (χ4v) is 7.05. The minimum absolute atomic E-state index is 0.00565. The van der Waals surface area contributed by atoms with E-state index in [2.05, 4.69) is 25.8 Å². The molecule has 0 heterocycles. The first kappa shape index (κ1) is 37.4. The van der Waals surface area contributed by atoms with Crippen LogP contribution in [0, 0.1) is 27.7 Å². The Labute approximate surface area is 280 Å². The van der Waals surface area contributed by atoms with Gasteiger partial charge in [-0.05, 0) is 92.4 Å². The second kappa shape index (κ2) is 13.1. The maximum Gasteiger partial charge on any atom is 0.296 e. The number of nitrogens with zero attached hydrogens (tertiary/aromatic N) is 4. The molecule has 0 saturated carbocycles. The third-order valence-corrected chi connectivity index (χ3v) is 10.3. The Bertz CT molecular complexity index is 2550. The van der Waals surface area contributed by atoms with Gasteiger partial charge >= 0.3 is 0 Å². The number of benzene rings is 4. The van der Waals surface area contributed by atoms with Crippen molar-refractivity contribution in [2.45, 2.75) is 42.4 Å². The number of fused-ring (bicyclic) bond motifs is 1. The van der Waals surface area contributed by atoms with Crippen LogP contribution in [0.4, 0.5) is 28.4 Å². The lowest BCUT2D eigenvalue weighted by molar-refractivity contribution is 0.478. The molecular formula is C27H27N5O13S4. The van der Waals surface area contributed by atoms with Crippen LogP contribution in [-0.4, -0.2) is 62.9 Å². The highest BCUT2D eigenvalue weighted by molar-refractivity contribution is 7.87. The SMILES string of the molecule is Cc1cc(N=Nc2c(NCS(=O)(=O)O)ccc3c(O)c(N=Nc4cc(C)c(S(=O)(=O)O)cc4S(=O)(=O)O)c(C)cc23)c(S(=O)(=O)O)cc1C. The van der Waals surface area contributed by atoms with Crippen molar-refractivity contribution in [2.24, 2.45) is 20.5 Å². The van der Waals surface area contributed by atoms with Gasteiger partial charge < -0.3 is 10.4 Å². The molecule has 0 fully saturated rings. The summed E-state index contributed by atoms with van der Waals surface area (Å²) in [6.07, 6.45) is 0. The van der Waals surface area contributed by atoms with Crippen molar-refractivity contribution >= 4 is 79.7 Å². The third-order valence-electron chi connectivity index (χ3n) is 7.06. The Morgan fingerprint density at radius 1 is 0.551 bits per heavy atom. The van der Waals surface area contributed by atoms with Gasteiger partial charge in [0.05, 0.1) is 10.6 Å². The van der Waals surface area contributed by atoms with Crippen molar-refractivity contribution in [2.75, 3.05) is 11.2 Å². The molecule has 0 bridgehead atoms. The van der Waals surface area contributed by atoms with Gasteiger partial charge in [-0.3, -0.25) is 18.2 Å². The standard InChI is InChI=1S/C27H27N5O13S4/c1-13-8-20(23(10-14(13)2)48(40,41)42)30-32-26-18-7-16(4)25(27(33)17(18)5-6-19(26)28-12-46(34,35)36)31-29-21-9-15(3)22(47(37,38)39)11-24(21)49(43,44)45/h5-11,28,33H,12H2,1-4H3,(H,34,35,36)(H,37,38,39)(H,40,41,42)(H,43,44,45). The van der Waals surface area contributed by atoms with E-state index in [9.17, 15) is 57.0 Å². The Hall–Kier alpha value is -4.42. The van der Waals surface area contributed by atoms with E-state index in [0.29, 0.717) is 17.2 Å². The molecule has 0 aliphatic heterocycles. The summed E-state index contributed by atoms with van der Waals surface area (Å²) >= 11 is 0. The molecule has 0 saturated heterocycles. The third kappa shape index (κ3) is 8.42. The van der Waals surface area contributed by atoms with Crippen molar-refractivity contribution in [3.05, 3.63) is 64.7 Å². The van der Waals surface area contributed by atoms with E-state index in [4.69, 9.17) is 0 Å². The number of rotatable bonds is 10. The number of aromatic hydroxyl groups is 1. The van der Waals surface area contributed by atoms with Crippen molar-refractivity contribution in [3.8, 4) is 5.75 Å². The Morgan fingerprint density at radius 2 is 1.04 bits per heavy atom. The molecule has 0 radical (unpaired) electrons. The van der Waals surface area contributed by atoms with Gasteiger partial charge in [0.25, 0.3) is 40.5 Å².